The lowest BCUT2D eigenvalue weighted by Crippen LogP contribution is -2.01. The Bertz CT molecular complexity index is 672. The molecule has 2 aromatic rings. The van der Waals surface area contributed by atoms with Gasteiger partial charge in [-0.2, -0.15) is 0 Å². The third-order valence-corrected chi connectivity index (χ3v) is 3.56. The van der Waals surface area contributed by atoms with Gasteiger partial charge >= 0.3 is 0 Å². The molecule has 1 N–H and O–H groups in total. The lowest BCUT2D eigenvalue weighted by Gasteiger charge is -2.13. The van der Waals surface area contributed by atoms with Gasteiger partial charge in [-0.25, -0.2) is 4.39 Å². The molecule has 104 valence electrons. The van der Waals surface area contributed by atoms with E-state index in [4.69, 9.17) is 21.1 Å². The third-order valence-electron chi connectivity index (χ3n) is 3.28. The van der Waals surface area contributed by atoms with Crippen molar-refractivity contribution in [2.24, 2.45) is 0 Å². The zero-order valence-corrected chi connectivity index (χ0v) is 11.4. The molecule has 0 spiro atoms. The van der Waals surface area contributed by atoms with Crippen LogP contribution in [0.1, 0.15) is 22.8 Å². The monoisotopic (exact) mass is 294 g/mol. The van der Waals surface area contributed by atoms with E-state index in [-0.39, 0.29) is 12.6 Å². The molecule has 0 bridgehead atoms. The van der Waals surface area contributed by atoms with Crippen LogP contribution in [-0.2, 0) is 0 Å². The van der Waals surface area contributed by atoms with Gasteiger partial charge in [-0.05, 0) is 41.8 Å². The molecule has 1 heterocycles. The zero-order chi connectivity index (χ0) is 14.3. The van der Waals surface area contributed by atoms with Crippen LogP contribution in [0, 0.1) is 12.7 Å². The van der Waals surface area contributed by atoms with Crippen LogP contribution >= 0.6 is 11.6 Å². The smallest absolute Gasteiger partial charge is 0.231 e. The summed E-state index contributed by atoms with van der Waals surface area (Å²) in [6.07, 6.45) is -0.975. The minimum absolute atomic E-state index is 0.105. The molecule has 0 amide bonds. The van der Waals surface area contributed by atoms with E-state index in [1.54, 1.807) is 31.2 Å². The number of hydrogen-bond acceptors (Lipinski definition) is 3. The highest BCUT2D eigenvalue weighted by Gasteiger charge is 2.21. The molecule has 0 aromatic heterocycles. The molecule has 1 unspecified atom stereocenters. The van der Waals surface area contributed by atoms with Gasteiger partial charge in [0.1, 0.15) is 11.9 Å². The highest BCUT2D eigenvalue weighted by atomic mass is 35.5. The minimum atomic E-state index is -0.975. The van der Waals surface area contributed by atoms with Crippen molar-refractivity contribution in [1.82, 2.24) is 0 Å². The second-order valence-corrected chi connectivity index (χ2v) is 5.05. The van der Waals surface area contributed by atoms with Gasteiger partial charge in [-0.3, -0.25) is 0 Å². The molecule has 3 rings (SSSR count). The maximum Gasteiger partial charge on any atom is 0.231 e. The number of halogens is 2. The molecule has 5 heteroatoms. The van der Waals surface area contributed by atoms with Crippen molar-refractivity contribution >= 4 is 11.6 Å². The predicted molar refractivity (Wildman–Crippen MR) is 72.8 cm³/mol. The minimum Gasteiger partial charge on any atom is -0.454 e. The van der Waals surface area contributed by atoms with Gasteiger partial charge in [0, 0.05) is 0 Å². The van der Waals surface area contributed by atoms with Crippen LogP contribution in [-0.4, -0.2) is 11.9 Å². The summed E-state index contributed by atoms with van der Waals surface area (Å²) in [6.45, 7) is 1.77. The van der Waals surface area contributed by atoms with Crippen LogP contribution < -0.4 is 9.47 Å². The van der Waals surface area contributed by atoms with Crippen molar-refractivity contribution < 1.29 is 19.0 Å². The molecule has 1 atom stereocenters. The van der Waals surface area contributed by atoms with Crippen molar-refractivity contribution in [2.75, 3.05) is 6.79 Å². The van der Waals surface area contributed by atoms with E-state index in [2.05, 4.69) is 0 Å². The molecule has 2 aromatic carbocycles. The number of ether oxygens (including phenoxy) is 2. The molecule has 0 saturated heterocycles. The first-order valence-corrected chi connectivity index (χ1v) is 6.47. The quantitative estimate of drug-likeness (QED) is 0.920. The molecule has 0 saturated carbocycles. The van der Waals surface area contributed by atoms with Gasteiger partial charge in [0.2, 0.25) is 6.79 Å². The Morgan fingerprint density at radius 1 is 1.20 bits per heavy atom. The van der Waals surface area contributed by atoms with Crippen LogP contribution in [0.2, 0.25) is 5.02 Å². The lowest BCUT2D eigenvalue weighted by molar-refractivity contribution is 0.173. The van der Waals surface area contributed by atoms with E-state index in [0.29, 0.717) is 33.2 Å². The fraction of sp³-hybridized carbons (Fsp3) is 0.200. The maximum atomic E-state index is 13.6. The van der Waals surface area contributed by atoms with Crippen LogP contribution in [0.3, 0.4) is 0 Å². The summed E-state index contributed by atoms with van der Waals surface area (Å²) in [4.78, 5) is 0. The summed E-state index contributed by atoms with van der Waals surface area (Å²) in [5.74, 6) is 0.602. The van der Waals surface area contributed by atoms with E-state index in [1.165, 1.54) is 6.07 Å². The second-order valence-electron chi connectivity index (χ2n) is 4.65. The largest absolute Gasteiger partial charge is 0.454 e. The summed E-state index contributed by atoms with van der Waals surface area (Å²) in [7, 11) is 0. The average Bonchev–Trinajstić information content (AvgIpc) is 2.90. The SMILES string of the molecule is Cc1ccc(C(O)c2cc(Cl)c3c(c2)OCO3)cc1F. The summed E-state index contributed by atoms with van der Waals surface area (Å²) in [5.41, 5.74) is 1.52. The number of rotatable bonds is 2. The normalized spacial score (nSPS) is 14.4. The molecule has 0 aliphatic carbocycles. The van der Waals surface area contributed by atoms with Crippen molar-refractivity contribution in [3.05, 3.63) is 57.9 Å². The number of hydrogen-bond donors (Lipinski definition) is 1. The average molecular weight is 295 g/mol. The number of aryl methyl sites for hydroxylation is 1. The number of aliphatic hydroxyl groups excluding tert-OH is 1. The molecular formula is C15H12ClFO3. The Balaban J connectivity index is 2.00. The summed E-state index contributed by atoms with van der Waals surface area (Å²) in [5, 5.41) is 10.7. The molecule has 20 heavy (non-hydrogen) atoms. The molecule has 0 fully saturated rings. The van der Waals surface area contributed by atoms with E-state index >= 15 is 0 Å². The highest BCUT2D eigenvalue weighted by molar-refractivity contribution is 6.32. The Morgan fingerprint density at radius 2 is 2.00 bits per heavy atom. The van der Waals surface area contributed by atoms with Gasteiger partial charge < -0.3 is 14.6 Å². The Kier molecular flexibility index (Phi) is 3.28. The van der Waals surface area contributed by atoms with E-state index in [9.17, 15) is 9.50 Å². The zero-order valence-electron chi connectivity index (χ0n) is 10.7. The topological polar surface area (TPSA) is 38.7 Å². The Hall–Kier alpha value is -1.78. The molecule has 1 aliphatic rings. The van der Waals surface area contributed by atoms with Crippen molar-refractivity contribution in [3.63, 3.8) is 0 Å². The van der Waals surface area contributed by atoms with Gasteiger partial charge in [-0.1, -0.05) is 23.7 Å². The van der Waals surface area contributed by atoms with Crippen molar-refractivity contribution in [1.29, 1.82) is 0 Å². The highest BCUT2D eigenvalue weighted by Crippen LogP contribution is 2.41. The number of aliphatic hydroxyl groups is 1. The van der Waals surface area contributed by atoms with Crippen molar-refractivity contribution in [2.45, 2.75) is 13.0 Å². The fourth-order valence-electron chi connectivity index (χ4n) is 2.12. The predicted octanol–water partition coefficient (Wildman–Crippen LogP) is 3.60. The van der Waals surface area contributed by atoms with Crippen LogP contribution in [0.15, 0.2) is 30.3 Å². The number of benzene rings is 2. The van der Waals surface area contributed by atoms with E-state index in [0.717, 1.165) is 0 Å². The molecule has 1 aliphatic heterocycles. The lowest BCUT2D eigenvalue weighted by atomic mass is 10.00. The van der Waals surface area contributed by atoms with Crippen LogP contribution in [0.25, 0.3) is 0 Å². The number of fused-ring (bicyclic) bond motifs is 1. The second kappa shape index (κ2) is 4.96. The Labute approximate surface area is 120 Å². The van der Waals surface area contributed by atoms with Crippen LogP contribution in [0.4, 0.5) is 4.39 Å². The third kappa shape index (κ3) is 2.21. The molecular weight excluding hydrogens is 283 g/mol. The molecule has 0 radical (unpaired) electrons. The van der Waals surface area contributed by atoms with Gasteiger partial charge in [0.05, 0.1) is 5.02 Å². The molecule has 3 nitrogen and oxygen atoms in total. The Morgan fingerprint density at radius 3 is 2.75 bits per heavy atom. The summed E-state index contributed by atoms with van der Waals surface area (Å²) in [6, 6.07) is 7.87. The first kappa shape index (κ1) is 13.2. The standard InChI is InChI=1S/C15H12ClFO3/c1-8-2-3-9(5-12(8)17)14(18)10-4-11(16)15-13(6-10)19-7-20-15/h2-6,14,18H,7H2,1H3. The van der Waals surface area contributed by atoms with Gasteiger partial charge in [0.15, 0.2) is 11.5 Å². The van der Waals surface area contributed by atoms with E-state index in [1.807, 2.05) is 0 Å². The first-order valence-electron chi connectivity index (χ1n) is 6.09. The van der Waals surface area contributed by atoms with Gasteiger partial charge in [0.25, 0.3) is 0 Å². The van der Waals surface area contributed by atoms with Gasteiger partial charge in [-0.15, -0.1) is 0 Å². The van der Waals surface area contributed by atoms with E-state index < -0.39 is 6.10 Å². The first-order chi connectivity index (χ1) is 9.56. The maximum absolute atomic E-state index is 13.6. The van der Waals surface area contributed by atoms with Crippen LogP contribution in [0.5, 0.6) is 11.5 Å². The summed E-state index contributed by atoms with van der Waals surface area (Å²) < 4.78 is 24.0. The fourth-order valence-corrected chi connectivity index (χ4v) is 2.39. The summed E-state index contributed by atoms with van der Waals surface area (Å²) >= 11 is 6.07. The van der Waals surface area contributed by atoms with Crippen molar-refractivity contribution in [3.8, 4) is 11.5 Å².